The summed E-state index contributed by atoms with van der Waals surface area (Å²) in [7, 11) is 1.35. The first-order valence-corrected chi connectivity index (χ1v) is 6.37. The van der Waals surface area contributed by atoms with Gasteiger partial charge in [-0.25, -0.2) is 8.78 Å². The second-order valence-corrected chi connectivity index (χ2v) is 5.55. The molecule has 1 saturated heterocycles. The van der Waals surface area contributed by atoms with Crippen molar-refractivity contribution >= 4 is 0 Å². The maximum atomic E-state index is 14.0. The zero-order valence-corrected chi connectivity index (χ0v) is 10.4. The van der Waals surface area contributed by atoms with Crippen molar-refractivity contribution in [2.24, 2.45) is 5.41 Å². The molecule has 3 rings (SSSR count). The van der Waals surface area contributed by atoms with Crippen LogP contribution >= 0.6 is 0 Å². The van der Waals surface area contributed by atoms with Crippen LogP contribution in [-0.4, -0.2) is 20.2 Å². The number of benzene rings is 1. The van der Waals surface area contributed by atoms with E-state index in [1.807, 2.05) is 0 Å². The molecule has 1 aliphatic carbocycles. The van der Waals surface area contributed by atoms with Crippen LogP contribution in [0.5, 0.6) is 5.75 Å². The lowest BCUT2D eigenvalue weighted by Gasteiger charge is -2.39. The fourth-order valence-corrected chi connectivity index (χ4v) is 3.29. The van der Waals surface area contributed by atoms with Crippen molar-refractivity contribution in [1.29, 1.82) is 0 Å². The van der Waals surface area contributed by atoms with E-state index in [2.05, 4.69) is 5.32 Å². The van der Waals surface area contributed by atoms with Crippen LogP contribution in [-0.2, 0) is 0 Å². The van der Waals surface area contributed by atoms with Gasteiger partial charge >= 0.3 is 0 Å². The van der Waals surface area contributed by atoms with Crippen molar-refractivity contribution in [2.75, 3.05) is 20.2 Å². The lowest BCUT2D eigenvalue weighted by atomic mass is 9.79. The van der Waals surface area contributed by atoms with Gasteiger partial charge in [0, 0.05) is 19.2 Å². The average Bonchev–Trinajstić information content (AvgIpc) is 2.76. The molecule has 0 aromatic heterocycles. The van der Waals surface area contributed by atoms with Crippen LogP contribution in [0.4, 0.5) is 8.78 Å². The van der Waals surface area contributed by atoms with Crippen LogP contribution in [0.1, 0.15) is 30.7 Å². The minimum absolute atomic E-state index is 0.0192. The van der Waals surface area contributed by atoms with Gasteiger partial charge in [-0.3, -0.25) is 0 Å². The first-order valence-electron chi connectivity index (χ1n) is 6.37. The van der Waals surface area contributed by atoms with Gasteiger partial charge in [0.25, 0.3) is 0 Å². The van der Waals surface area contributed by atoms with E-state index < -0.39 is 5.82 Å². The Hall–Kier alpha value is -1.16. The third-order valence-electron chi connectivity index (χ3n) is 4.41. The Balaban J connectivity index is 1.86. The van der Waals surface area contributed by atoms with Gasteiger partial charge in [-0.05, 0) is 42.2 Å². The zero-order valence-electron chi connectivity index (χ0n) is 10.4. The average molecular weight is 253 g/mol. The van der Waals surface area contributed by atoms with Crippen molar-refractivity contribution in [2.45, 2.75) is 25.2 Å². The SMILES string of the molecule is COc1cc(F)c(C2CCC3(CNC3)C2)cc1F. The maximum absolute atomic E-state index is 14.0. The number of halogens is 2. The Bertz CT molecular complexity index is 471. The standard InChI is InChI=1S/C14H17F2NO/c1-18-13-5-11(15)10(4-12(13)16)9-2-3-14(6-9)7-17-8-14/h4-5,9,17H,2-3,6-8H2,1H3. The number of methoxy groups -OCH3 is 1. The molecule has 1 unspecified atom stereocenters. The van der Waals surface area contributed by atoms with Gasteiger partial charge in [-0.15, -0.1) is 0 Å². The largest absolute Gasteiger partial charge is 0.494 e. The summed E-state index contributed by atoms with van der Waals surface area (Å²) in [4.78, 5) is 0. The van der Waals surface area contributed by atoms with Crippen LogP contribution in [0.3, 0.4) is 0 Å². The molecule has 2 aliphatic rings. The lowest BCUT2D eigenvalue weighted by Crippen LogP contribution is -2.51. The molecule has 98 valence electrons. The number of rotatable bonds is 2. The molecule has 0 amide bonds. The number of hydrogen-bond acceptors (Lipinski definition) is 2. The van der Waals surface area contributed by atoms with Crippen molar-refractivity contribution in [3.8, 4) is 5.75 Å². The van der Waals surface area contributed by atoms with E-state index >= 15 is 0 Å². The molecule has 1 heterocycles. The van der Waals surface area contributed by atoms with Gasteiger partial charge in [0.2, 0.25) is 0 Å². The molecule has 1 spiro atoms. The molecular formula is C14H17F2NO. The maximum Gasteiger partial charge on any atom is 0.165 e. The molecule has 4 heteroatoms. The third-order valence-corrected chi connectivity index (χ3v) is 4.41. The lowest BCUT2D eigenvalue weighted by molar-refractivity contribution is 0.175. The zero-order chi connectivity index (χ0) is 12.8. The van der Waals surface area contributed by atoms with Gasteiger partial charge in [0.05, 0.1) is 7.11 Å². The summed E-state index contributed by atoms with van der Waals surface area (Å²) in [6, 6.07) is 2.47. The van der Waals surface area contributed by atoms with Gasteiger partial charge in [-0.1, -0.05) is 0 Å². The van der Waals surface area contributed by atoms with Crippen LogP contribution < -0.4 is 10.1 Å². The van der Waals surface area contributed by atoms with Gasteiger partial charge < -0.3 is 10.1 Å². The quantitative estimate of drug-likeness (QED) is 0.875. The molecule has 2 nitrogen and oxygen atoms in total. The highest BCUT2D eigenvalue weighted by atomic mass is 19.1. The fourth-order valence-electron chi connectivity index (χ4n) is 3.29. The molecule has 2 fully saturated rings. The summed E-state index contributed by atoms with van der Waals surface area (Å²) in [5.74, 6) is -0.689. The second-order valence-electron chi connectivity index (χ2n) is 5.55. The molecule has 0 radical (unpaired) electrons. The Morgan fingerprint density at radius 3 is 2.61 bits per heavy atom. The monoisotopic (exact) mass is 253 g/mol. The molecule has 1 aromatic rings. The molecular weight excluding hydrogens is 236 g/mol. The summed E-state index contributed by atoms with van der Waals surface area (Å²) < 4.78 is 32.4. The van der Waals surface area contributed by atoms with Crippen molar-refractivity contribution in [3.63, 3.8) is 0 Å². The predicted octanol–water partition coefficient (Wildman–Crippen LogP) is 2.83. The minimum Gasteiger partial charge on any atom is -0.494 e. The summed E-state index contributed by atoms with van der Waals surface area (Å²) in [6.45, 7) is 2.04. The highest BCUT2D eigenvalue weighted by Gasteiger charge is 2.44. The Morgan fingerprint density at radius 1 is 1.28 bits per heavy atom. The smallest absolute Gasteiger partial charge is 0.165 e. The highest BCUT2D eigenvalue weighted by molar-refractivity contribution is 5.33. The molecule has 0 bridgehead atoms. The summed E-state index contributed by atoms with van der Waals surface area (Å²) in [5, 5.41) is 3.27. The first kappa shape index (κ1) is 11.9. The Labute approximate surface area is 105 Å². The molecule has 1 saturated carbocycles. The minimum atomic E-state index is -0.471. The van der Waals surface area contributed by atoms with Crippen molar-refractivity contribution in [1.82, 2.24) is 5.32 Å². The Kier molecular flexibility index (Phi) is 2.77. The summed E-state index contributed by atoms with van der Waals surface area (Å²) >= 11 is 0. The topological polar surface area (TPSA) is 21.3 Å². The van der Waals surface area contributed by atoms with Crippen LogP contribution in [0.25, 0.3) is 0 Å². The predicted molar refractivity (Wildman–Crippen MR) is 64.8 cm³/mol. The van der Waals surface area contributed by atoms with Crippen LogP contribution in [0.15, 0.2) is 12.1 Å². The normalized spacial score (nSPS) is 25.2. The van der Waals surface area contributed by atoms with E-state index in [1.54, 1.807) is 0 Å². The number of nitrogens with one attached hydrogen (secondary N) is 1. The first-order chi connectivity index (χ1) is 8.63. The van der Waals surface area contributed by atoms with Gasteiger partial charge in [0.15, 0.2) is 11.6 Å². The van der Waals surface area contributed by atoms with Crippen LogP contribution in [0.2, 0.25) is 0 Å². The van der Waals surface area contributed by atoms with Crippen LogP contribution in [0, 0.1) is 17.0 Å². The van der Waals surface area contributed by atoms with E-state index in [1.165, 1.54) is 13.2 Å². The molecule has 1 aliphatic heterocycles. The highest BCUT2D eigenvalue weighted by Crippen LogP contribution is 2.49. The van der Waals surface area contributed by atoms with E-state index in [0.29, 0.717) is 11.0 Å². The number of ether oxygens (including phenoxy) is 1. The third kappa shape index (κ3) is 1.79. The second kappa shape index (κ2) is 4.19. The van der Waals surface area contributed by atoms with Gasteiger partial charge in [-0.2, -0.15) is 0 Å². The Morgan fingerprint density at radius 2 is 2.06 bits per heavy atom. The summed E-state index contributed by atoms with van der Waals surface area (Å²) in [5.41, 5.74) is 0.852. The molecule has 1 atom stereocenters. The van der Waals surface area contributed by atoms with Crippen molar-refractivity contribution in [3.05, 3.63) is 29.3 Å². The number of hydrogen-bond donors (Lipinski definition) is 1. The molecule has 18 heavy (non-hydrogen) atoms. The molecule has 1 aromatic carbocycles. The van der Waals surface area contributed by atoms with Crippen molar-refractivity contribution < 1.29 is 13.5 Å². The molecule has 1 N–H and O–H groups in total. The van der Waals surface area contributed by atoms with Gasteiger partial charge in [0.1, 0.15) is 5.82 Å². The van der Waals surface area contributed by atoms with E-state index in [4.69, 9.17) is 4.74 Å². The van der Waals surface area contributed by atoms with E-state index in [0.717, 1.165) is 38.4 Å². The summed E-state index contributed by atoms with van der Waals surface area (Å²) in [6.07, 6.45) is 3.02. The fraction of sp³-hybridized carbons (Fsp3) is 0.571. The van der Waals surface area contributed by atoms with E-state index in [9.17, 15) is 8.78 Å². The van der Waals surface area contributed by atoms with E-state index in [-0.39, 0.29) is 17.5 Å².